The van der Waals surface area contributed by atoms with Crippen molar-refractivity contribution in [1.82, 2.24) is 9.97 Å². The third-order valence-electron chi connectivity index (χ3n) is 3.03. The summed E-state index contributed by atoms with van der Waals surface area (Å²) in [5.74, 6) is 0.630. The molecule has 76 valence electrons. The van der Waals surface area contributed by atoms with Crippen molar-refractivity contribution in [3.8, 4) is 0 Å². The Balaban J connectivity index is 2.20. The van der Waals surface area contributed by atoms with Crippen LogP contribution in [0.15, 0.2) is 12.5 Å². The minimum Gasteiger partial charge on any atom is -0.326 e. The van der Waals surface area contributed by atoms with Gasteiger partial charge in [-0.2, -0.15) is 0 Å². The predicted octanol–water partition coefficient (Wildman–Crippen LogP) is 1.98. The van der Waals surface area contributed by atoms with Crippen LogP contribution in [0.5, 0.6) is 0 Å². The van der Waals surface area contributed by atoms with E-state index in [1.165, 1.54) is 37.8 Å². The lowest BCUT2D eigenvalue weighted by Gasteiger charge is -2.22. The molecule has 1 aromatic heterocycles. The van der Waals surface area contributed by atoms with Crippen LogP contribution in [0.3, 0.4) is 0 Å². The van der Waals surface area contributed by atoms with E-state index in [-0.39, 0.29) is 0 Å². The average molecular weight is 191 g/mol. The third-order valence-corrected chi connectivity index (χ3v) is 3.03. The molecule has 2 N–H and O–H groups in total. The molecule has 0 aliphatic heterocycles. The maximum absolute atomic E-state index is 5.68. The standard InChI is InChI=1S/C11H17N3/c12-6-10-7-13-8-14-11(10)9-4-2-1-3-5-9/h7-9H,1-6,12H2. The van der Waals surface area contributed by atoms with Gasteiger partial charge in [-0.25, -0.2) is 9.97 Å². The van der Waals surface area contributed by atoms with E-state index < -0.39 is 0 Å². The van der Waals surface area contributed by atoms with Crippen molar-refractivity contribution >= 4 is 0 Å². The minimum atomic E-state index is 0.562. The molecule has 1 aliphatic rings. The lowest BCUT2D eigenvalue weighted by atomic mass is 9.85. The summed E-state index contributed by atoms with van der Waals surface area (Å²) in [6, 6.07) is 0. The molecule has 0 aromatic carbocycles. The fourth-order valence-electron chi connectivity index (χ4n) is 2.27. The van der Waals surface area contributed by atoms with Crippen LogP contribution in [-0.2, 0) is 6.54 Å². The van der Waals surface area contributed by atoms with Crippen molar-refractivity contribution in [3.63, 3.8) is 0 Å². The molecular formula is C11H17N3. The summed E-state index contributed by atoms with van der Waals surface area (Å²) in [7, 11) is 0. The highest BCUT2D eigenvalue weighted by atomic mass is 14.8. The first kappa shape index (κ1) is 9.59. The second-order valence-corrected chi connectivity index (χ2v) is 3.97. The van der Waals surface area contributed by atoms with E-state index in [0.29, 0.717) is 12.5 Å². The van der Waals surface area contributed by atoms with Gasteiger partial charge in [0.2, 0.25) is 0 Å². The van der Waals surface area contributed by atoms with Crippen LogP contribution in [0, 0.1) is 0 Å². The molecule has 0 unspecified atom stereocenters. The van der Waals surface area contributed by atoms with Gasteiger partial charge in [0.05, 0.1) is 5.69 Å². The van der Waals surface area contributed by atoms with Crippen molar-refractivity contribution in [2.45, 2.75) is 44.6 Å². The minimum absolute atomic E-state index is 0.562. The molecule has 0 atom stereocenters. The van der Waals surface area contributed by atoms with Crippen LogP contribution in [0.1, 0.15) is 49.3 Å². The van der Waals surface area contributed by atoms with Crippen LogP contribution in [0.2, 0.25) is 0 Å². The monoisotopic (exact) mass is 191 g/mol. The van der Waals surface area contributed by atoms with Gasteiger partial charge in [-0.3, -0.25) is 0 Å². The third kappa shape index (κ3) is 1.93. The summed E-state index contributed by atoms with van der Waals surface area (Å²) in [4.78, 5) is 8.40. The summed E-state index contributed by atoms with van der Waals surface area (Å²) in [5.41, 5.74) is 8.00. The first-order valence-electron chi connectivity index (χ1n) is 5.40. The van der Waals surface area contributed by atoms with Gasteiger partial charge in [-0.05, 0) is 12.8 Å². The largest absolute Gasteiger partial charge is 0.326 e. The molecule has 1 saturated carbocycles. The number of hydrogen-bond donors (Lipinski definition) is 1. The molecule has 0 spiro atoms. The number of aromatic nitrogens is 2. The normalized spacial score (nSPS) is 18.4. The van der Waals surface area contributed by atoms with Gasteiger partial charge in [-0.1, -0.05) is 19.3 Å². The number of rotatable bonds is 2. The molecule has 1 heterocycles. The summed E-state index contributed by atoms with van der Waals surface area (Å²) >= 11 is 0. The summed E-state index contributed by atoms with van der Waals surface area (Å²) in [6.07, 6.45) is 10.1. The zero-order valence-electron chi connectivity index (χ0n) is 8.45. The first-order chi connectivity index (χ1) is 6.92. The van der Waals surface area contributed by atoms with Crippen molar-refractivity contribution < 1.29 is 0 Å². The molecule has 1 aliphatic carbocycles. The maximum Gasteiger partial charge on any atom is 0.115 e. The van der Waals surface area contributed by atoms with Gasteiger partial charge in [0.25, 0.3) is 0 Å². The Morgan fingerprint density at radius 2 is 2.07 bits per heavy atom. The van der Waals surface area contributed by atoms with Crippen LogP contribution >= 0.6 is 0 Å². The maximum atomic E-state index is 5.68. The highest BCUT2D eigenvalue weighted by Gasteiger charge is 2.18. The van der Waals surface area contributed by atoms with E-state index in [9.17, 15) is 0 Å². The van der Waals surface area contributed by atoms with Crippen LogP contribution in [-0.4, -0.2) is 9.97 Å². The summed E-state index contributed by atoms with van der Waals surface area (Å²) in [6.45, 7) is 0.562. The Kier molecular flexibility index (Phi) is 3.09. The first-order valence-corrected chi connectivity index (χ1v) is 5.40. The molecule has 3 heteroatoms. The summed E-state index contributed by atoms with van der Waals surface area (Å²) < 4.78 is 0. The highest BCUT2D eigenvalue weighted by Crippen LogP contribution is 2.32. The van der Waals surface area contributed by atoms with Crippen LogP contribution in [0.4, 0.5) is 0 Å². The van der Waals surface area contributed by atoms with E-state index in [0.717, 1.165) is 5.56 Å². The van der Waals surface area contributed by atoms with Crippen molar-refractivity contribution in [2.24, 2.45) is 5.73 Å². The molecule has 3 nitrogen and oxygen atoms in total. The fraction of sp³-hybridized carbons (Fsp3) is 0.636. The summed E-state index contributed by atoms with van der Waals surface area (Å²) in [5, 5.41) is 0. The molecule has 1 aromatic rings. The van der Waals surface area contributed by atoms with Crippen molar-refractivity contribution in [2.75, 3.05) is 0 Å². The zero-order chi connectivity index (χ0) is 9.80. The van der Waals surface area contributed by atoms with Gasteiger partial charge >= 0.3 is 0 Å². The van der Waals surface area contributed by atoms with E-state index in [2.05, 4.69) is 9.97 Å². The lowest BCUT2D eigenvalue weighted by Crippen LogP contribution is -2.12. The Morgan fingerprint density at radius 1 is 1.29 bits per heavy atom. The predicted molar refractivity (Wildman–Crippen MR) is 55.7 cm³/mol. The van der Waals surface area contributed by atoms with Gasteiger partial charge in [0.1, 0.15) is 6.33 Å². The van der Waals surface area contributed by atoms with Crippen molar-refractivity contribution in [3.05, 3.63) is 23.8 Å². The Bertz CT molecular complexity index is 292. The molecule has 0 amide bonds. The Hall–Kier alpha value is -0.960. The second-order valence-electron chi connectivity index (χ2n) is 3.97. The zero-order valence-corrected chi connectivity index (χ0v) is 8.45. The van der Waals surface area contributed by atoms with E-state index in [4.69, 9.17) is 5.73 Å². The smallest absolute Gasteiger partial charge is 0.115 e. The SMILES string of the molecule is NCc1cncnc1C1CCCCC1. The van der Waals surface area contributed by atoms with E-state index >= 15 is 0 Å². The molecule has 2 rings (SSSR count). The molecule has 1 fully saturated rings. The molecule has 14 heavy (non-hydrogen) atoms. The Morgan fingerprint density at radius 3 is 2.79 bits per heavy atom. The molecule has 0 saturated heterocycles. The van der Waals surface area contributed by atoms with E-state index in [1.807, 2.05) is 6.20 Å². The second kappa shape index (κ2) is 4.51. The van der Waals surface area contributed by atoms with Crippen LogP contribution < -0.4 is 5.73 Å². The average Bonchev–Trinajstić information content (AvgIpc) is 2.30. The number of nitrogens with zero attached hydrogens (tertiary/aromatic N) is 2. The highest BCUT2D eigenvalue weighted by molar-refractivity contribution is 5.20. The van der Waals surface area contributed by atoms with Crippen molar-refractivity contribution in [1.29, 1.82) is 0 Å². The van der Waals surface area contributed by atoms with E-state index in [1.54, 1.807) is 6.33 Å². The number of hydrogen-bond acceptors (Lipinski definition) is 3. The van der Waals surface area contributed by atoms with Gasteiger partial charge in [0, 0.05) is 24.2 Å². The quantitative estimate of drug-likeness (QED) is 0.777. The van der Waals surface area contributed by atoms with Gasteiger partial charge < -0.3 is 5.73 Å². The molecule has 0 bridgehead atoms. The number of nitrogens with two attached hydrogens (primary N) is 1. The van der Waals surface area contributed by atoms with Crippen LogP contribution in [0.25, 0.3) is 0 Å². The van der Waals surface area contributed by atoms with Gasteiger partial charge in [0.15, 0.2) is 0 Å². The Labute approximate surface area is 84.8 Å². The lowest BCUT2D eigenvalue weighted by molar-refractivity contribution is 0.433. The van der Waals surface area contributed by atoms with Gasteiger partial charge in [-0.15, -0.1) is 0 Å². The topological polar surface area (TPSA) is 51.8 Å². The fourth-order valence-corrected chi connectivity index (χ4v) is 2.27. The molecule has 0 radical (unpaired) electrons. The molecular weight excluding hydrogens is 174 g/mol.